The molecular weight excluding hydrogens is 292 g/mol. The van der Waals surface area contributed by atoms with Crippen LogP contribution in [0.4, 0.5) is 0 Å². The summed E-state index contributed by atoms with van der Waals surface area (Å²) in [5.74, 6) is 1.35. The van der Waals surface area contributed by atoms with Crippen LogP contribution >= 0.6 is 0 Å². The highest BCUT2D eigenvalue weighted by molar-refractivity contribution is 5.95. The number of hydrogen-bond acceptors (Lipinski definition) is 4. The van der Waals surface area contributed by atoms with E-state index in [1.807, 2.05) is 4.90 Å². The van der Waals surface area contributed by atoms with Gasteiger partial charge in [-0.15, -0.1) is 0 Å². The molecule has 0 radical (unpaired) electrons. The second kappa shape index (κ2) is 8.77. The number of methoxy groups -OCH3 is 1. The number of unbranched alkanes of at least 4 members (excludes halogenated alkanes) is 2. The number of rotatable bonds is 7. The normalized spacial score (nSPS) is 15.5. The minimum absolute atomic E-state index is 0.0398. The fourth-order valence-electron chi connectivity index (χ4n) is 2.74. The molecule has 0 unspecified atom stereocenters. The van der Waals surface area contributed by atoms with Gasteiger partial charge in [0, 0.05) is 24.7 Å². The van der Waals surface area contributed by atoms with Gasteiger partial charge in [-0.1, -0.05) is 19.8 Å². The Hall–Kier alpha value is -1.75. The van der Waals surface area contributed by atoms with E-state index in [0.717, 1.165) is 45.2 Å². The molecule has 1 fully saturated rings. The van der Waals surface area contributed by atoms with Crippen molar-refractivity contribution in [3.63, 3.8) is 0 Å². The van der Waals surface area contributed by atoms with Crippen molar-refractivity contribution in [3.05, 3.63) is 23.8 Å². The fraction of sp³-hybridized carbons (Fsp3) is 0.611. The zero-order valence-electron chi connectivity index (χ0n) is 14.2. The molecule has 5 heteroatoms. The molecule has 1 aliphatic heterocycles. The molecular formula is C18H28N2O3. The number of hydrogen-bond donors (Lipinski definition) is 1. The SMILES string of the molecule is CCCCCOc1cc(C(=O)N2CCC(N)CC2)ccc1OC. The summed E-state index contributed by atoms with van der Waals surface area (Å²) in [4.78, 5) is 14.5. The lowest BCUT2D eigenvalue weighted by atomic mass is 10.0. The van der Waals surface area contributed by atoms with Crippen molar-refractivity contribution in [2.75, 3.05) is 26.8 Å². The highest BCUT2D eigenvalue weighted by Crippen LogP contribution is 2.29. The molecule has 23 heavy (non-hydrogen) atoms. The average molecular weight is 320 g/mol. The molecule has 1 aromatic carbocycles. The monoisotopic (exact) mass is 320 g/mol. The van der Waals surface area contributed by atoms with Crippen LogP contribution in [0.3, 0.4) is 0 Å². The minimum Gasteiger partial charge on any atom is -0.493 e. The second-order valence-corrected chi connectivity index (χ2v) is 6.05. The van der Waals surface area contributed by atoms with E-state index in [1.165, 1.54) is 0 Å². The zero-order chi connectivity index (χ0) is 16.7. The van der Waals surface area contributed by atoms with Crippen molar-refractivity contribution in [1.29, 1.82) is 0 Å². The summed E-state index contributed by atoms with van der Waals surface area (Å²) < 4.78 is 11.1. The smallest absolute Gasteiger partial charge is 0.253 e. The van der Waals surface area contributed by atoms with E-state index in [9.17, 15) is 4.79 Å². The highest BCUT2D eigenvalue weighted by atomic mass is 16.5. The van der Waals surface area contributed by atoms with Gasteiger partial charge in [-0.25, -0.2) is 0 Å². The number of nitrogens with zero attached hydrogens (tertiary/aromatic N) is 1. The Kier molecular flexibility index (Phi) is 6.71. The molecule has 0 atom stereocenters. The maximum absolute atomic E-state index is 12.6. The van der Waals surface area contributed by atoms with Crippen LogP contribution in [0.5, 0.6) is 11.5 Å². The van der Waals surface area contributed by atoms with E-state index in [4.69, 9.17) is 15.2 Å². The lowest BCUT2D eigenvalue weighted by Crippen LogP contribution is -2.42. The Morgan fingerprint density at radius 1 is 1.26 bits per heavy atom. The molecule has 1 aliphatic rings. The second-order valence-electron chi connectivity index (χ2n) is 6.05. The van der Waals surface area contributed by atoms with E-state index >= 15 is 0 Å². The standard InChI is InChI=1S/C18H28N2O3/c1-3-4-5-12-23-17-13-14(6-7-16(17)22-2)18(21)20-10-8-15(19)9-11-20/h6-7,13,15H,3-5,8-12,19H2,1-2H3. The first-order valence-electron chi connectivity index (χ1n) is 8.51. The summed E-state index contributed by atoms with van der Waals surface area (Å²) in [7, 11) is 1.61. The molecule has 1 amide bonds. The molecule has 1 heterocycles. The number of ether oxygens (including phenoxy) is 2. The van der Waals surface area contributed by atoms with Crippen molar-refractivity contribution < 1.29 is 14.3 Å². The first-order chi connectivity index (χ1) is 11.2. The Bertz CT molecular complexity index is 511. The molecule has 2 N–H and O–H groups in total. The highest BCUT2D eigenvalue weighted by Gasteiger charge is 2.22. The largest absolute Gasteiger partial charge is 0.493 e. The van der Waals surface area contributed by atoms with E-state index in [0.29, 0.717) is 23.7 Å². The number of likely N-dealkylation sites (tertiary alicyclic amines) is 1. The third-order valence-electron chi connectivity index (χ3n) is 4.24. The van der Waals surface area contributed by atoms with Gasteiger partial charge >= 0.3 is 0 Å². The molecule has 0 saturated carbocycles. The fourth-order valence-corrected chi connectivity index (χ4v) is 2.74. The van der Waals surface area contributed by atoms with Gasteiger partial charge in [0.1, 0.15) is 0 Å². The van der Waals surface area contributed by atoms with Gasteiger partial charge < -0.3 is 20.1 Å². The van der Waals surface area contributed by atoms with Crippen molar-refractivity contribution in [2.24, 2.45) is 5.73 Å². The number of carbonyl (C=O) groups is 1. The quantitative estimate of drug-likeness (QED) is 0.785. The average Bonchev–Trinajstić information content (AvgIpc) is 2.58. The number of piperidine rings is 1. The molecule has 1 saturated heterocycles. The van der Waals surface area contributed by atoms with Crippen LogP contribution in [0.1, 0.15) is 49.4 Å². The van der Waals surface area contributed by atoms with E-state index < -0.39 is 0 Å². The maximum atomic E-state index is 12.6. The van der Waals surface area contributed by atoms with E-state index in [2.05, 4.69) is 6.92 Å². The number of amides is 1. The van der Waals surface area contributed by atoms with Crippen LogP contribution in [-0.4, -0.2) is 43.7 Å². The Morgan fingerprint density at radius 3 is 2.65 bits per heavy atom. The number of carbonyl (C=O) groups excluding carboxylic acids is 1. The lowest BCUT2D eigenvalue weighted by molar-refractivity contribution is 0.0714. The van der Waals surface area contributed by atoms with Crippen molar-refractivity contribution in [1.82, 2.24) is 4.90 Å². The lowest BCUT2D eigenvalue weighted by Gasteiger charge is -2.30. The van der Waals surface area contributed by atoms with Crippen LogP contribution in [0.25, 0.3) is 0 Å². The number of nitrogens with two attached hydrogens (primary N) is 1. The Balaban J connectivity index is 2.05. The van der Waals surface area contributed by atoms with Crippen LogP contribution < -0.4 is 15.2 Å². The van der Waals surface area contributed by atoms with Gasteiger partial charge in [0.15, 0.2) is 11.5 Å². The molecule has 0 aromatic heterocycles. The van der Waals surface area contributed by atoms with Crippen molar-refractivity contribution in [3.8, 4) is 11.5 Å². The van der Waals surface area contributed by atoms with Crippen LogP contribution in [0.2, 0.25) is 0 Å². The van der Waals surface area contributed by atoms with Gasteiger partial charge in [-0.3, -0.25) is 4.79 Å². The molecule has 0 bridgehead atoms. The van der Waals surface area contributed by atoms with Crippen LogP contribution in [0, 0.1) is 0 Å². The molecule has 128 valence electrons. The predicted molar refractivity (Wildman–Crippen MR) is 91.1 cm³/mol. The van der Waals surface area contributed by atoms with Crippen LogP contribution in [0.15, 0.2) is 18.2 Å². The molecule has 0 aliphatic carbocycles. The van der Waals surface area contributed by atoms with E-state index in [-0.39, 0.29) is 11.9 Å². The maximum Gasteiger partial charge on any atom is 0.253 e. The van der Waals surface area contributed by atoms with Crippen molar-refractivity contribution in [2.45, 2.75) is 45.1 Å². The van der Waals surface area contributed by atoms with Gasteiger partial charge in [0.05, 0.1) is 13.7 Å². The summed E-state index contributed by atoms with van der Waals surface area (Å²) in [5.41, 5.74) is 6.55. The number of benzene rings is 1. The zero-order valence-corrected chi connectivity index (χ0v) is 14.2. The van der Waals surface area contributed by atoms with Gasteiger partial charge in [-0.05, 0) is 37.5 Å². The first kappa shape index (κ1) is 17.6. The van der Waals surface area contributed by atoms with Gasteiger partial charge in [0.2, 0.25) is 0 Å². The predicted octanol–water partition coefficient (Wildman–Crippen LogP) is 2.83. The molecule has 5 nitrogen and oxygen atoms in total. The third kappa shape index (κ3) is 4.86. The van der Waals surface area contributed by atoms with Gasteiger partial charge in [0.25, 0.3) is 5.91 Å². The first-order valence-corrected chi connectivity index (χ1v) is 8.51. The van der Waals surface area contributed by atoms with Crippen LogP contribution in [-0.2, 0) is 0 Å². The molecule has 2 rings (SSSR count). The van der Waals surface area contributed by atoms with Crippen molar-refractivity contribution >= 4 is 5.91 Å². The Labute approximate surface area is 138 Å². The summed E-state index contributed by atoms with van der Waals surface area (Å²) in [6.45, 7) is 4.24. The minimum atomic E-state index is 0.0398. The van der Waals surface area contributed by atoms with E-state index in [1.54, 1.807) is 25.3 Å². The summed E-state index contributed by atoms with van der Waals surface area (Å²) >= 11 is 0. The summed E-state index contributed by atoms with van der Waals surface area (Å²) in [5, 5.41) is 0. The topological polar surface area (TPSA) is 64.8 Å². The molecule has 0 spiro atoms. The third-order valence-corrected chi connectivity index (χ3v) is 4.24. The van der Waals surface area contributed by atoms with Gasteiger partial charge in [-0.2, -0.15) is 0 Å². The Morgan fingerprint density at radius 2 is 2.00 bits per heavy atom. The summed E-state index contributed by atoms with van der Waals surface area (Å²) in [6, 6.07) is 5.61. The summed E-state index contributed by atoms with van der Waals surface area (Å²) in [6.07, 6.45) is 5.01. The molecule has 1 aromatic rings.